The fourth-order valence-corrected chi connectivity index (χ4v) is 4.57. The van der Waals surface area contributed by atoms with Crippen molar-refractivity contribution in [3.8, 4) is 0 Å². The highest BCUT2D eigenvalue weighted by atomic mass is 35.5. The summed E-state index contributed by atoms with van der Waals surface area (Å²) in [5, 5.41) is 12.5. The van der Waals surface area contributed by atoms with Crippen molar-refractivity contribution in [2.75, 3.05) is 11.1 Å². The molecule has 4 rings (SSSR count). The van der Waals surface area contributed by atoms with Crippen molar-refractivity contribution < 1.29 is 4.79 Å². The topological polar surface area (TPSA) is 72.2 Å². The smallest absolute Gasteiger partial charge is 0.236 e. The first-order chi connectivity index (χ1) is 12.5. The predicted octanol–water partition coefficient (Wildman–Crippen LogP) is 4.69. The predicted molar refractivity (Wildman–Crippen MR) is 107 cm³/mol. The Morgan fingerprint density at radius 1 is 1.27 bits per heavy atom. The van der Waals surface area contributed by atoms with Crippen LogP contribution in [0, 0.1) is 6.92 Å². The maximum absolute atomic E-state index is 12.3. The average molecular weight is 424 g/mol. The molecule has 0 aliphatic rings. The number of thioether (sulfide) groups is 1. The van der Waals surface area contributed by atoms with Gasteiger partial charge >= 0.3 is 0 Å². The first-order valence-electron chi connectivity index (χ1n) is 7.51. The van der Waals surface area contributed by atoms with Crippen molar-refractivity contribution in [3.63, 3.8) is 0 Å². The summed E-state index contributed by atoms with van der Waals surface area (Å²) < 4.78 is 3.08. The summed E-state index contributed by atoms with van der Waals surface area (Å²) in [6, 6.07) is 9.55. The maximum Gasteiger partial charge on any atom is 0.236 e. The molecule has 1 amide bonds. The maximum atomic E-state index is 12.3. The average Bonchev–Trinajstić information content (AvgIpc) is 3.17. The van der Waals surface area contributed by atoms with Crippen LogP contribution in [0.15, 0.2) is 35.5 Å². The fraction of sp³-hybridized carbons (Fsp3) is 0.125. The van der Waals surface area contributed by atoms with Crippen LogP contribution in [0.5, 0.6) is 0 Å². The zero-order valence-corrected chi connectivity index (χ0v) is 16.5. The van der Waals surface area contributed by atoms with Crippen molar-refractivity contribution in [2.24, 2.45) is 0 Å². The van der Waals surface area contributed by atoms with Crippen LogP contribution in [-0.2, 0) is 4.79 Å². The molecule has 1 aromatic carbocycles. The van der Waals surface area contributed by atoms with E-state index in [0.29, 0.717) is 26.7 Å². The van der Waals surface area contributed by atoms with Gasteiger partial charge in [-0.05, 0) is 25.1 Å². The molecule has 0 atom stereocenters. The molecule has 3 aromatic heterocycles. The van der Waals surface area contributed by atoms with E-state index >= 15 is 0 Å². The fourth-order valence-electron chi connectivity index (χ4n) is 2.39. The van der Waals surface area contributed by atoms with Gasteiger partial charge in [0, 0.05) is 0 Å². The Labute approximate surface area is 166 Å². The van der Waals surface area contributed by atoms with Gasteiger partial charge in [-0.3, -0.25) is 9.20 Å². The lowest BCUT2D eigenvalue weighted by Gasteiger charge is -2.08. The van der Waals surface area contributed by atoms with Crippen molar-refractivity contribution in [2.45, 2.75) is 12.1 Å². The number of thiazole rings is 1. The van der Waals surface area contributed by atoms with Crippen LogP contribution in [0.4, 0.5) is 5.82 Å². The van der Waals surface area contributed by atoms with Gasteiger partial charge in [0.1, 0.15) is 0 Å². The van der Waals surface area contributed by atoms with Crippen molar-refractivity contribution in [3.05, 3.63) is 46.1 Å². The number of nitrogens with one attached hydrogen (secondary N) is 1. The van der Waals surface area contributed by atoms with E-state index in [4.69, 9.17) is 23.2 Å². The molecule has 1 N–H and O–H groups in total. The molecule has 26 heavy (non-hydrogen) atoms. The highest BCUT2D eigenvalue weighted by molar-refractivity contribution is 7.99. The van der Waals surface area contributed by atoms with Crippen LogP contribution in [0.25, 0.3) is 15.2 Å². The monoisotopic (exact) mass is 423 g/mol. The van der Waals surface area contributed by atoms with Crippen LogP contribution < -0.4 is 5.32 Å². The minimum Gasteiger partial charge on any atom is -0.309 e. The van der Waals surface area contributed by atoms with E-state index in [1.807, 2.05) is 28.7 Å². The molecule has 0 bridgehead atoms. The zero-order valence-electron chi connectivity index (χ0n) is 13.4. The van der Waals surface area contributed by atoms with Gasteiger partial charge in [0.2, 0.25) is 10.9 Å². The summed E-state index contributed by atoms with van der Waals surface area (Å²) in [7, 11) is 0. The molecule has 0 fully saturated rings. The minimum atomic E-state index is -0.234. The Morgan fingerprint density at radius 2 is 2.08 bits per heavy atom. The first kappa shape index (κ1) is 17.5. The molecule has 0 aliphatic carbocycles. The number of aromatic nitrogens is 4. The van der Waals surface area contributed by atoms with Crippen LogP contribution in [0.3, 0.4) is 0 Å². The lowest BCUT2D eigenvalue weighted by molar-refractivity contribution is -0.113. The van der Waals surface area contributed by atoms with E-state index in [0.717, 1.165) is 15.2 Å². The molecular weight excluding hydrogens is 413 g/mol. The number of rotatable bonds is 4. The number of carbonyl (C=O) groups is 1. The van der Waals surface area contributed by atoms with Crippen molar-refractivity contribution >= 4 is 73.2 Å². The molecule has 3 heterocycles. The number of nitrogens with zero attached hydrogens (tertiary/aromatic N) is 4. The number of halogens is 2. The molecule has 132 valence electrons. The van der Waals surface area contributed by atoms with Gasteiger partial charge in [0.25, 0.3) is 0 Å². The third kappa shape index (κ3) is 3.25. The van der Waals surface area contributed by atoms with Gasteiger partial charge in [0.05, 0.1) is 31.7 Å². The van der Waals surface area contributed by atoms with Crippen LogP contribution in [-0.4, -0.2) is 31.2 Å². The molecule has 0 spiro atoms. The summed E-state index contributed by atoms with van der Waals surface area (Å²) in [5.41, 5.74) is 1.63. The Bertz CT molecular complexity index is 1140. The normalized spacial score (nSPS) is 11.3. The van der Waals surface area contributed by atoms with Gasteiger partial charge in [-0.25, -0.2) is 4.98 Å². The molecule has 6 nitrogen and oxygen atoms in total. The van der Waals surface area contributed by atoms with E-state index in [1.165, 1.54) is 11.8 Å². The molecular formula is C16H11Cl2N5OS2. The summed E-state index contributed by atoms with van der Waals surface area (Å²) in [5.74, 6) is 0.221. The van der Waals surface area contributed by atoms with Gasteiger partial charge in [-0.2, -0.15) is 0 Å². The Morgan fingerprint density at radius 3 is 2.92 bits per heavy atom. The number of hydrogen-bond acceptors (Lipinski definition) is 6. The van der Waals surface area contributed by atoms with E-state index in [1.54, 1.807) is 24.3 Å². The summed E-state index contributed by atoms with van der Waals surface area (Å²) >= 11 is 14.9. The lowest BCUT2D eigenvalue weighted by atomic mass is 10.3. The molecule has 0 radical (unpaired) electrons. The Kier molecular flexibility index (Phi) is 4.74. The summed E-state index contributed by atoms with van der Waals surface area (Å²) in [4.78, 5) is 17.3. The van der Waals surface area contributed by atoms with Crippen LogP contribution in [0.2, 0.25) is 10.0 Å². The molecule has 0 aliphatic heterocycles. The second-order valence-corrected chi connectivity index (χ2v) is 8.16. The Hall–Kier alpha value is -1.87. The molecule has 0 saturated heterocycles. The first-order valence-corrected chi connectivity index (χ1v) is 10.1. The van der Waals surface area contributed by atoms with E-state index in [-0.39, 0.29) is 11.7 Å². The number of para-hydroxylation sites is 1. The number of carbonyl (C=O) groups excluding carboxylic acids is 1. The highest BCUT2D eigenvalue weighted by Gasteiger charge is 2.15. The minimum absolute atomic E-state index is 0.157. The van der Waals surface area contributed by atoms with Crippen molar-refractivity contribution in [1.82, 2.24) is 19.6 Å². The Balaban J connectivity index is 1.51. The number of pyridine rings is 1. The molecule has 4 aromatic rings. The number of amides is 1. The molecule has 10 heteroatoms. The van der Waals surface area contributed by atoms with E-state index in [9.17, 15) is 4.79 Å². The van der Waals surface area contributed by atoms with E-state index < -0.39 is 0 Å². The largest absolute Gasteiger partial charge is 0.309 e. The number of hydrogen-bond donors (Lipinski definition) is 1. The second kappa shape index (κ2) is 7.03. The lowest BCUT2D eigenvalue weighted by Crippen LogP contribution is -2.16. The summed E-state index contributed by atoms with van der Waals surface area (Å²) in [6.45, 7) is 1.75. The third-order valence-electron chi connectivity index (χ3n) is 3.61. The molecule has 0 saturated carbocycles. The van der Waals surface area contributed by atoms with Gasteiger partial charge in [0.15, 0.2) is 11.0 Å². The third-order valence-corrected chi connectivity index (χ3v) is 6.22. The number of benzene rings is 1. The standard InChI is InChI=1S/C16H11Cl2N5OS2/c1-8-9(17)6-10(18)14(19-8)20-13(24)7-25-15-21-22-16-23(15)11-4-2-3-5-12(11)26-16/h2-6H,7H2,1H3,(H,19,20,24). The van der Waals surface area contributed by atoms with Gasteiger partial charge in [-0.15, -0.1) is 10.2 Å². The van der Waals surface area contributed by atoms with Crippen LogP contribution >= 0.6 is 46.3 Å². The van der Waals surface area contributed by atoms with Gasteiger partial charge < -0.3 is 5.32 Å². The van der Waals surface area contributed by atoms with Gasteiger partial charge in [-0.1, -0.05) is 58.4 Å². The second-order valence-electron chi connectivity index (χ2n) is 5.39. The SMILES string of the molecule is Cc1nc(NC(=O)CSc2nnc3sc4ccccc4n23)c(Cl)cc1Cl. The molecule has 0 unspecified atom stereocenters. The van der Waals surface area contributed by atoms with E-state index in [2.05, 4.69) is 20.5 Å². The van der Waals surface area contributed by atoms with Crippen LogP contribution in [0.1, 0.15) is 5.69 Å². The summed E-state index contributed by atoms with van der Waals surface area (Å²) in [6.07, 6.45) is 0. The number of anilines is 1. The number of fused-ring (bicyclic) bond motifs is 3. The zero-order chi connectivity index (χ0) is 18.3. The quantitative estimate of drug-likeness (QED) is 0.482. The number of aryl methyl sites for hydroxylation is 1. The highest BCUT2D eigenvalue weighted by Crippen LogP contribution is 2.30. The van der Waals surface area contributed by atoms with Crippen molar-refractivity contribution in [1.29, 1.82) is 0 Å².